The van der Waals surface area contributed by atoms with E-state index in [1.54, 1.807) is 0 Å². The third kappa shape index (κ3) is 5.77. The van der Waals surface area contributed by atoms with Crippen LogP contribution in [0.5, 0.6) is 0 Å². The van der Waals surface area contributed by atoms with Crippen molar-refractivity contribution < 1.29 is 4.79 Å². The number of hydrogen-bond donors (Lipinski definition) is 1. The maximum absolute atomic E-state index is 12.0. The van der Waals surface area contributed by atoms with E-state index in [2.05, 4.69) is 17.6 Å². The first-order valence-corrected chi connectivity index (χ1v) is 8.24. The van der Waals surface area contributed by atoms with E-state index in [4.69, 9.17) is 5.26 Å². The lowest BCUT2D eigenvalue weighted by Gasteiger charge is -2.22. The molecular weight excluding hydrogens is 244 g/mol. The molecule has 3 nitrogen and oxygen atoms in total. The van der Waals surface area contributed by atoms with Crippen LogP contribution in [0.15, 0.2) is 0 Å². The standard InChI is InChI=1S/C14H26N2OS/c1-4-14(5-2,12-15)13(17)16-10-8-6-7-9-11-18-3/h4-11H2,1-3H3,(H,16,17). The molecule has 0 radical (unpaired) electrons. The van der Waals surface area contributed by atoms with Gasteiger partial charge in [0, 0.05) is 6.54 Å². The molecule has 0 aromatic carbocycles. The Kier molecular flexibility index (Phi) is 9.86. The molecule has 0 rings (SSSR count). The summed E-state index contributed by atoms with van der Waals surface area (Å²) in [5.74, 6) is 1.12. The van der Waals surface area contributed by atoms with Crippen molar-refractivity contribution in [2.45, 2.75) is 52.4 Å². The molecule has 0 fully saturated rings. The van der Waals surface area contributed by atoms with Crippen molar-refractivity contribution in [3.05, 3.63) is 0 Å². The lowest BCUT2D eigenvalue weighted by atomic mass is 9.83. The van der Waals surface area contributed by atoms with Gasteiger partial charge >= 0.3 is 0 Å². The molecular formula is C14H26N2OS. The molecule has 18 heavy (non-hydrogen) atoms. The van der Waals surface area contributed by atoms with E-state index in [1.165, 1.54) is 18.6 Å². The van der Waals surface area contributed by atoms with E-state index in [1.807, 2.05) is 25.6 Å². The van der Waals surface area contributed by atoms with E-state index < -0.39 is 5.41 Å². The first-order chi connectivity index (χ1) is 8.66. The monoisotopic (exact) mass is 270 g/mol. The fourth-order valence-electron chi connectivity index (χ4n) is 1.88. The Morgan fingerprint density at radius 2 is 1.83 bits per heavy atom. The van der Waals surface area contributed by atoms with Crippen LogP contribution in [-0.2, 0) is 4.79 Å². The van der Waals surface area contributed by atoms with E-state index >= 15 is 0 Å². The van der Waals surface area contributed by atoms with Crippen molar-refractivity contribution in [1.29, 1.82) is 5.26 Å². The highest BCUT2D eigenvalue weighted by atomic mass is 32.2. The fourth-order valence-corrected chi connectivity index (χ4v) is 2.37. The largest absolute Gasteiger partial charge is 0.355 e. The molecule has 0 unspecified atom stereocenters. The summed E-state index contributed by atoms with van der Waals surface area (Å²) in [6.45, 7) is 4.49. The number of rotatable bonds is 10. The molecule has 0 aliphatic rings. The van der Waals surface area contributed by atoms with Gasteiger partial charge in [-0.2, -0.15) is 17.0 Å². The summed E-state index contributed by atoms with van der Waals surface area (Å²) < 4.78 is 0. The number of thioether (sulfide) groups is 1. The second-order valence-corrected chi connectivity index (χ2v) is 5.55. The average molecular weight is 270 g/mol. The second-order valence-electron chi connectivity index (χ2n) is 4.56. The number of nitriles is 1. The summed E-state index contributed by atoms with van der Waals surface area (Å²) in [5, 5.41) is 12.0. The highest BCUT2D eigenvalue weighted by Gasteiger charge is 2.34. The van der Waals surface area contributed by atoms with Gasteiger partial charge in [0.05, 0.1) is 6.07 Å². The Balaban J connectivity index is 3.80. The van der Waals surface area contributed by atoms with Crippen molar-refractivity contribution in [3.8, 4) is 6.07 Å². The predicted octanol–water partition coefficient (Wildman–Crippen LogP) is 3.36. The van der Waals surface area contributed by atoms with Crippen molar-refractivity contribution in [2.24, 2.45) is 5.41 Å². The van der Waals surface area contributed by atoms with E-state index in [0.29, 0.717) is 19.4 Å². The zero-order valence-corrected chi connectivity index (χ0v) is 12.7. The average Bonchev–Trinajstić information content (AvgIpc) is 2.40. The van der Waals surface area contributed by atoms with Crippen LogP contribution in [0.25, 0.3) is 0 Å². The molecule has 0 aliphatic carbocycles. The first-order valence-electron chi connectivity index (χ1n) is 6.85. The van der Waals surface area contributed by atoms with Crippen LogP contribution < -0.4 is 5.32 Å². The fraction of sp³-hybridized carbons (Fsp3) is 0.857. The van der Waals surface area contributed by atoms with Crippen molar-refractivity contribution in [1.82, 2.24) is 5.32 Å². The third-order valence-electron chi connectivity index (χ3n) is 3.42. The number of carbonyl (C=O) groups is 1. The number of nitrogens with one attached hydrogen (secondary N) is 1. The minimum absolute atomic E-state index is 0.0980. The number of carbonyl (C=O) groups excluding carboxylic acids is 1. The van der Waals surface area contributed by atoms with Crippen LogP contribution in [0.1, 0.15) is 52.4 Å². The minimum Gasteiger partial charge on any atom is -0.355 e. The van der Waals surface area contributed by atoms with Gasteiger partial charge in [-0.05, 0) is 37.7 Å². The summed E-state index contributed by atoms with van der Waals surface area (Å²) in [7, 11) is 0. The SMILES string of the molecule is CCC(C#N)(CC)C(=O)NCCCCCCSC. The quantitative estimate of drug-likeness (QED) is 0.619. The molecule has 0 saturated heterocycles. The molecule has 4 heteroatoms. The van der Waals surface area contributed by atoms with Gasteiger partial charge in [0.15, 0.2) is 0 Å². The molecule has 0 heterocycles. The van der Waals surface area contributed by atoms with Gasteiger partial charge in [-0.1, -0.05) is 26.7 Å². The number of nitrogens with zero attached hydrogens (tertiary/aromatic N) is 1. The molecule has 1 amide bonds. The molecule has 0 aromatic heterocycles. The smallest absolute Gasteiger partial charge is 0.240 e. The molecule has 0 atom stereocenters. The molecule has 0 saturated carbocycles. The van der Waals surface area contributed by atoms with Gasteiger partial charge in [-0.25, -0.2) is 0 Å². The number of unbranched alkanes of at least 4 members (excludes halogenated alkanes) is 3. The number of hydrogen-bond acceptors (Lipinski definition) is 3. The van der Waals surface area contributed by atoms with Crippen molar-refractivity contribution in [3.63, 3.8) is 0 Å². The van der Waals surface area contributed by atoms with Gasteiger partial charge in [-0.15, -0.1) is 0 Å². The van der Waals surface area contributed by atoms with Crippen LogP contribution in [-0.4, -0.2) is 24.5 Å². The number of amides is 1. The van der Waals surface area contributed by atoms with E-state index in [9.17, 15) is 4.79 Å². The molecule has 1 N–H and O–H groups in total. The summed E-state index contributed by atoms with van der Waals surface area (Å²) in [4.78, 5) is 12.0. The van der Waals surface area contributed by atoms with Crippen LogP contribution in [0, 0.1) is 16.7 Å². The summed E-state index contributed by atoms with van der Waals surface area (Å²) >= 11 is 1.88. The highest BCUT2D eigenvalue weighted by Crippen LogP contribution is 2.25. The van der Waals surface area contributed by atoms with Crippen molar-refractivity contribution >= 4 is 17.7 Å². The van der Waals surface area contributed by atoms with Gasteiger partial charge in [0.25, 0.3) is 0 Å². The van der Waals surface area contributed by atoms with E-state index in [0.717, 1.165) is 12.8 Å². The van der Waals surface area contributed by atoms with Gasteiger partial charge in [0.1, 0.15) is 5.41 Å². The maximum Gasteiger partial charge on any atom is 0.240 e. The van der Waals surface area contributed by atoms with Crippen LogP contribution >= 0.6 is 11.8 Å². The molecule has 0 aliphatic heterocycles. The maximum atomic E-state index is 12.0. The zero-order valence-electron chi connectivity index (χ0n) is 11.9. The minimum atomic E-state index is -0.821. The van der Waals surface area contributed by atoms with Gasteiger partial charge in [0.2, 0.25) is 5.91 Å². The first kappa shape index (κ1) is 17.3. The normalized spacial score (nSPS) is 11.0. The highest BCUT2D eigenvalue weighted by molar-refractivity contribution is 7.98. The third-order valence-corrected chi connectivity index (χ3v) is 4.11. The van der Waals surface area contributed by atoms with Crippen molar-refractivity contribution in [2.75, 3.05) is 18.6 Å². The molecule has 104 valence electrons. The van der Waals surface area contributed by atoms with Crippen LogP contribution in [0.2, 0.25) is 0 Å². The summed E-state index contributed by atoms with van der Waals surface area (Å²) in [6, 6.07) is 2.17. The molecule has 0 bridgehead atoms. The molecule has 0 spiro atoms. The second kappa shape index (κ2) is 10.3. The molecule has 0 aromatic rings. The van der Waals surface area contributed by atoms with Gasteiger partial charge in [-0.3, -0.25) is 4.79 Å². The van der Waals surface area contributed by atoms with Crippen LogP contribution in [0.4, 0.5) is 0 Å². The summed E-state index contributed by atoms with van der Waals surface area (Å²) in [6.07, 6.45) is 7.92. The Hall–Kier alpha value is -0.690. The Morgan fingerprint density at radius 1 is 1.22 bits per heavy atom. The Bertz CT molecular complexity index is 269. The van der Waals surface area contributed by atoms with Gasteiger partial charge < -0.3 is 5.32 Å². The zero-order chi connectivity index (χ0) is 13.9. The van der Waals surface area contributed by atoms with E-state index in [-0.39, 0.29) is 5.91 Å². The lowest BCUT2D eigenvalue weighted by Crippen LogP contribution is -2.39. The summed E-state index contributed by atoms with van der Waals surface area (Å²) in [5.41, 5.74) is -0.821. The Labute approximate surface area is 116 Å². The predicted molar refractivity (Wildman–Crippen MR) is 78.5 cm³/mol. The lowest BCUT2D eigenvalue weighted by molar-refractivity contribution is -0.128. The Morgan fingerprint density at radius 3 is 2.33 bits per heavy atom. The topological polar surface area (TPSA) is 52.9 Å². The van der Waals surface area contributed by atoms with Crippen LogP contribution in [0.3, 0.4) is 0 Å².